The number of hydrogen-bond acceptors (Lipinski definition) is 2. The van der Waals surface area contributed by atoms with Crippen LogP contribution in [0, 0.1) is 12.3 Å². The highest BCUT2D eigenvalue weighted by molar-refractivity contribution is 5.68. The highest BCUT2D eigenvalue weighted by atomic mass is 19.4. The maximum absolute atomic E-state index is 12.3. The van der Waals surface area contributed by atoms with Crippen molar-refractivity contribution in [1.29, 1.82) is 0 Å². The van der Waals surface area contributed by atoms with Crippen LogP contribution in [0.1, 0.15) is 5.56 Å². The van der Waals surface area contributed by atoms with Crippen molar-refractivity contribution in [3.05, 3.63) is 48.0 Å². The van der Waals surface area contributed by atoms with Crippen molar-refractivity contribution < 1.29 is 22.6 Å². The minimum atomic E-state index is -4.77. The summed E-state index contributed by atoms with van der Waals surface area (Å²) in [4.78, 5) is 0. The van der Waals surface area contributed by atoms with Crippen LogP contribution in [0.15, 0.2) is 42.5 Å². The summed E-state index contributed by atoms with van der Waals surface area (Å²) in [6, 6.07) is 11.0. The molecule has 5 heteroatoms. The molecule has 0 unspecified atom stereocenters. The summed E-state index contributed by atoms with van der Waals surface area (Å²) in [5.41, 5.74) is 1.50. The smallest absolute Gasteiger partial charge is 0.497 e. The minimum absolute atomic E-state index is 0.301. The Bertz CT molecular complexity index is 685. The van der Waals surface area contributed by atoms with E-state index in [1.165, 1.54) is 13.2 Å². The molecule has 2 nitrogen and oxygen atoms in total. The van der Waals surface area contributed by atoms with Crippen LogP contribution >= 0.6 is 0 Å². The molecule has 2 aromatic carbocycles. The lowest BCUT2D eigenvalue weighted by Gasteiger charge is -2.12. The Kier molecular flexibility index (Phi) is 4.08. The van der Waals surface area contributed by atoms with Crippen LogP contribution in [-0.2, 0) is 0 Å². The lowest BCUT2D eigenvalue weighted by molar-refractivity contribution is -0.274. The molecule has 0 saturated carbocycles. The molecule has 21 heavy (non-hydrogen) atoms. The second kappa shape index (κ2) is 5.80. The van der Waals surface area contributed by atoms with Gasteiger partial charge in [-0.25, -0.2) is 0 Å². The third-order valence-electron chi connectivity index (χ3n) is 2.71. The molecule has 2 aromatic rings. The van der Waals surface area contributed by atoms with E-state index >= 15 is 0 Å². The van der Waals surface area contributed by atoms with Gasteiger partial charge in [-0.2, -0.15) is 0 Å². The fourth-order valence-corrected chi connectivity index (χ4v) is 1.84. The molecule has 0 N–H and O–H groups in total. The third kappa shape index (κ3) is 3.93. The van der Waals surface area contributed by atoms with Gasteiger partial charge in [0.05, 0.1) is 7.11 Å². The number of hydrogen-bond donors (Lipinski definition) is 0. The predicted molar refractivity (Wildman–Crippen MR) is 73.0 cm³/mol. The summed E-state index contributed by atoms with van der Waals surface area (Å²) in [5.74, 6) is 2.56. The van der Waals surface area contributed by atoms with Crippen molar-refractivity contribution in [2.45, 2.75) is 6.36 Å². The van der Waals surface area contributed by atoms with Crippen LogP contribution in [-0.4, -0.2) is 13.5 Å². The van der Waals surface area contributed by atoms with Crippen molar-refractivity contribution in [3.63, 3.8) is 0 Å². The first-order valence-electron chi connectivity index (χ1n) is 5.93. The van der Waals surface area contributed by atoms with Gasteiger partial charge in [0.2, 0.25) is 0 Å². The number of alkyl halides is 3. The molecule has 0 aliphatic rings. The highest BCUT2D eigenvalue weighted by Crippen LogP contribution is 2.31. The molecule has 0 atom stereocenters. The van der Waals surface area contributed by atoms with Crippen LogP contribution in [0.3, 0.4) is 0 Å². The van der Waals surface area contributed by atoms with Gasteiger partial charge in [0, 0.05) is 5.56 Å². The van der Waals surface area contributed by atoms with Crippen molar-refractivity contribution >= 4 is 0 Å². The van der Waals surface area contributed by atoms with Gasteiger partial charge in [-0.15, -0.1) is 19.6 Å². The summed E-state index contributed by atoms with van der Waals surface area (Å²) in [6.45, 7) is 0. The van der Waals surface area contributed by atoms with E-state index in [0.29, 0.717) is 22.4 Å². The Morgan fingerprint density at radius 2 is 1.71 bits per heavy atom. The fourth-order valence-electron chi connectivity index (χ4n) is 1.84. The van der Waals surface area contributed by atoms with Gasteiger partial charge in [-0.1, -0.05) is 18.1 Å². The van der Waals surface area contributed by atoms with E-state index in [1.54, 1.807) is 30.3 Å². The first-order valence-corrected chi connectivity index (χ1v) is 5.93. The molecule has 108 valence electrons. The van der Waals surface area contributed by atoms with E-state index in [0.717, 1.165) is 6.07 Å². The average Bonchev–Trinajstić information content (AvgIpc) is 2.45. The van der Waals surface area contributed by atoms with Crippen molar-refractivity contribution in [2.24, 2.45) is 0 Å². The summed E-state index contributed by atoms with van der Waals surface area (Å²) in [7, 11) is 1.51. The standard InChI is InChI=1S/C16H11F3O2/c1-3-11-7-13(10-15(8-11)21-16(17,18)19)12-5-4-6-14(9-12)20-2/h1,4-10H,2H3. The number of rotatable bonds is 3. The number of benzene rings is 2. The van der Waals surface area contributed by atoms with E-state index in [2.05, 4.69) is 10.7 Å². The molecular weight excluding hydrogens is 281 g/mol. The zero-order chi connectivity index (χ0) is 15.5. The quantitative estimate of drug-likeness (QED) is 0.788. The molecule has 0 amide bonds. The van der Waals surface area contributed by atoms with Crippen LogP contribution < -0.4 is 9.47 Å². The topological polar surface area (TPSA) is 18.5 Å². The van der Waals surface area contributed by atoms with Gasteiger partial charge < -0.3 is 9.47 Å². The van der Waals surface area contributed by atoms with Gasteiger partial charge in [-0.3, -0.25) is 0 Å². The second-order valence-electron chi connectivity index (χ2n) is 4.17. The van der Waals surface area contributed by atoms with Crippen molar-refractivity contribution in [2.75, 3.05) is 7.11 Å². The van der Waals surface area contributed by atoms with Gasteiger partial charge in [0.15, 0.2) is 0 Å². The first kappa shape index (κ1) is 14.8. The van der Waals surface area contributed by atoms with Crippen LogP contribution in [0.25, 0.3) is 11.1 Å². The molecule has 0 fully saturated rings. The predicted octanol–water partition coefficient (Wildman–Crippen LogP) is 4.24. The summed E-state index contributed by atoms with van der Waals surface area (Å²) >= 11 is 0. The molecular formula is C16H11F3O2. The summed E-state index contributed by atoms with van der Waals surface area (Å²) in [6.07, 6.45) is 0.509. The Hall–Kier alpha value is -2.61. The monoisotopic (exact) mass is 292 g/mol. The van der Waals surface area contributed by atoms with E-state index in [9.17, 15) is 13.2 Å². The van der Waals surface area contributed by atoms with E-state index in [-0.39, 0.29) is 5.75 Å². The molecule has 0 aliphatic heterocycles. The van der Waals surface area contributed by atoms with E-state index in [4.69, 9.17) is 11.2 Å². The zero-order valence-corrected chi connectivity index (χ0v) is 11.1. The van der Waals surface area contributed by atoms with E-state index < -0.39 is 6.36 Å². The van der Waals surface area contributed by atoms with Gasteiger partial charge in [-0.05, 0) is 41.5 Å². The average molecular weight is 292 g/mol. The Morgan fingerprint density at radius 1 is 1.00 bits per heavy atom. The molecule has 0 heterocycles. The maximum atomic E-state index is 12.3. The number of ether oxygens (including phenoxy) is 2. The largest absolute Gasteiger partial charge is 0.573 e. The van der Waals surface area contributed by atoms with Crippen LogP contribution in [0.4, 0.5) is 13.2 Å². The molecule has 0 bridgehead atoms. The van der Waals surface area contributed by atoms with Crippen molar-refractivity contribution in [3.8, 4) is 35.0 Å². The molecule has 0 spiro atoms. The molecule has 0 saturated heterocycles. The second-order valence-corrected chi connectivity index (χ2v) is 4.17. The number of terminal acetylenes is 1. The van der Waals surface area contributed by atoms with Crippen LogP contribution in [0.5, 0.6) is 11.5 Å². The highest BCUT2D eigenvalue weighted by Gasteiger charge is 2.31. The van der Waals surface area contributed by atoms with Crippen molar-refractivity contribution in [1.82, 2.24) is 0 Å². The number of methoxy groups -OCH3 is 1. The molecule has 0 aliphatic carbocycles. The maximum Gasteiger partial charge on any atom is 0.573 e. The summed E-state index contributed by atoms with van der Waals surface area (Å²) in [5, 5.41) is 0. The normalized spacial score (nSPS) is 10.8. The van der Waals surface area contributed by atoms with E-state index in [1.807, 2.05) is 0 Å². The molecule has 2 rings (SSSR count). The number of halogens is 3. The lowest BCUT2D eigenvalue weighted by Crippen LogP contribution is -2.17. The molecule has 0 radical (unpaired) electrons. The Labute approximate surface area is 120 Å². The Balaban J connectivity index is 2.48. The zero-order valence-electron chi connectivity index (χ0n) is 11.1. The summed E-state index contributed by atoms with van der Waals surface area (Å²) < 4.78 is 46.0. The molecule has 0 aromatic heterocycles. The first-order chi connectivity index (χ1) is 9.91. The lowest BCUT2D eigenvalue weighted by atomic mass is 10.0. The third-order valence-corrected chi connectivity index (χ3v) is 2.71. The van der Waals surface area contributed by atoms with Crippen LogP contribution in [0.2, 0.25) is 0 Å². The van der Waals surface area contributed by atoms with Gasteiger partial charge in [0.1, 0.15) is 11.5 Å². The van der Waals surface area contributed by atoms with Gasteiger partial charge in [0.25, 0.3) is 0 Å². The fraction of sp³-hybridized carbons (Fsp3) is 0.125. The minimum Gasteiger partial charge on any atom is -0.497 e. The van der Waals surface area contributed by atoms with Gasteiger partial charge >= 0.3 is 6.36 Å². The SMILES string of the molecule is C#Cc1cc(OC(F)(F)F)cc(-c2cccc(OC)c2)c1. The Morgan fingerprint density at radius 3 is 2.33 bits per heavy atom.